The van der Waals surface area contributed by atoms with Crippen LogP contribution >= 0.6 is 0 Å². The van der Waals surface area contributed by atoms with Crippen molar-refractivity contribution < 1.29 is 9.53 Å². The van der Waals surface area contributed by atoms with Gasteiger partial charge in [-0.15, -0.1) is 0 Å². The first kappa shape index (κ1) is 16.7. The number of benzene rings is 1. The number of rotatable bonds is 6. The monoisotopic (exact) mass is 276 g/mol. The summed E-state index contributed by atoms with van der Waals surface area (Å²) in [5.41, 5.74) is 1.17. The second kappa shape index (κ2) is 7.47. The van der Waals surface area contributed by atoms with Gasteiger partial charge in [0.2, 0.25) is 0 Å². The molecule has 1 rings (SSSR count). The van der Waals surface area contributed by atoms with Gasteiger partial charge < -0.3 is 4.74 Å². The fraction of sp³-hybridized carbons (Fsp3) is 0.611. The minimum absolute atomic E-state index is 0.0885. The maximum absolute atomic E-state index is 12.0. The Hall–Kier alpha value is -1.31. The van der Waals surface area contributed by atoms with Gasteiger partial charge in [0.25, 0.3) is 0 Å². The third-order valence-electron chi connectivity index (χ3n) is 3.64. The second-order valence-electron chi connectivity index (χ2n) is 7.04. The van der Waals surface area contributed by atoms with Gasteiger partial charge in [0.05, 0.1) is 0 Å². The van der Waals surface area contributed by atoms with Gasteiger partial charge in [0.1, 0.15) is 6.61 Å². The standard InChI is InChI=1S/C18H28O2/c1-14(2)11-16(18(3,4)5)12-17(19)20-13-15-9-7-6-8-10-15/h6-10,14,16H,11-13H2,1-5H3/t16-/m1/s1. The highest BCUT2D eigenvalue weighted by Crippen LogP contribution is 2.34. The molecule has 2 heteroatoms. The van der Waals surface area contributed by atoms with E-state index >= 15 is 0 Å². The molecule has 20 heavy (non-hydrogen) atoms. The molecule has 0 aromatic heterocycles. The van der Waals surface area contributed by atoms with Gasteiger partial charge in [-0.05, 0) is 29.2 Å². The van der Waals surface area contributed by atoms with E-state index in [1.165, 1.54) is 0 Å². The lowest BCUT2D eigenvalue weighted by Gasteiger charge is -2.31. The van der Waals surface area contributed by atoms with Gasteiger partial charge in [-0.25, -0.2) is 0 Å². The molecule has 112 valence electrons. The van der Waals surface area contributed by atoms with Crippen molar-refractivity contribution in [3.63, 3.8) is 0 Å². The number of carbonyl (C=O) groups is 1. The van der Waals surface area contributed by atoms with E-state index in [9.17, 15) is 4.79 Å². The molecule has 0 N–H and O–H groups in total. The minimum atomic E-state index is -0.0885. The summed E-state index contributed by atoms with van der Waals surface area (Å²) in [5, 5.41) is 0. The van der Waals surface area contributed by atoms with Crippen LogP contribution < -0.4 is 0 Å². The number of esters is 1. The molecule has 0 saturated heterocycles. The molecule has 0 aliphatic rings. The highest BCUT2D eigenvalue weighted by molar-refractivity contribution is 5.69. The lowest BCUT2D eigenvalue weighted by Crippen LogP contribution is -2.25. The minimum Gasteiger partial charge on any atom is -0.461 e. The predicted molar refractivity (Wildman–Crippen MR) is 83.3 cm³/mol. The molecule has 0 fully saturated rings. The van der Waals surface area contributed by atoms with Crippen molar-refractivity contribution in [3.8, 4) is 0 Å². The molecular formula is C18H28O2. The average Bonchev–Trinajstić information content (AvgIpc) is 2.35. The Morgan fingerprint density at radius 1 is 1.15 bits per heavy atom. The van der Waals surface area contributed by atoms with Gasteiger partial charge in [-0.1, -0.05) is 65.0 Å². The molecule has 1 aromatic rings. The molecule has 0 bridgehead atoms. The predicted octanol–water partition coefficient (Wildman–Crippen LogP) is 4.83. The molecule has 1 atom stereocenters. The zero-order valence-electron chi connectivity index (χ0n) is 13.5. The molecule has 0 amide bonds. The number of ether oxygens (including phenoxy) is 1. The van der Waals surface area contributed by atoms with Crippen LogP contribution in [-0.2, 0) is 16.1 Å². The van der Waals surface area contributed by atoms with Gasteiger partial charge in [0.15, 0.2) is 0 Å². The maximum Gasteiger partial charge on any atom is 0.306 e. The summed E-state index contributed by atoms with van der Waals surface area (Å²) >= 11 is 0. The van der Waals surface area contributed by atoms with Crippen molar-refractivity contribution in [1.29, 1.82) is 0 Å². The Morgan fingerprint density at radius 3 is 2.25 bits per heavy atom. The van der Waals surface area contributed by atoms with Gasteiger partial charge in [0, 0.05) is 6.42 Å². The van der Waals surface area contributed by atoms with Crippen LogP contribution in [0, 0.1) is 17.3 Å². The van der Waals surface area contributed by atoms with E-state index in [1.54, 1.807) is 0 Å². The summed E-state index contributed by atoms with van der Waals surface area (Å²) in [6, 6.07) is 9.83. The van der Waals surface area contributed by atoms with Crippen molar-refractivity contribution in [2.75, 3.05) is 0 Å². The normalized spacial score (nSPS) is 13.3. The van der Waals surface area contributed by atoms with Crippen LogP contribution in [0.15, 0.2) is 30.3 Å². The van der Waals surface area contributed by atoms with Crippen LogP contribution in [0.3, 0.4) is 0 Å². The molecule has 0 unspecified atom stereocenters. The number of hydrogen-bond acceptors (Lipinski definition) is 2. The maximum atomic E-state index is 12.0. The smallest absolute Gasteiger partial charge is 0.306 e. The first-order chi connectivity index (χ1) is 9.29. The average molecular weight is 276 g/mol. The number of carbonyl (C=O) groups excluding carboxylic acids is 1. The van der Waals surface area contributed by atoms with Crippen LogP contribution in [0.2, 0.25) is 0 Å². The summed E-state index contributed by atoms with van der Waals surface area (Å²) < 4.78 is 5.40. The zero-order valence-corrected chi connectivity index (χ0v) is 13.5. The highest BCUT2D eigenvalue weighted by Gasteiger charge is 2.28. The van der Waals surface area contributed by atoms with Crippen molar-refractivity contribution in [1.82, 2.24) is 0 Å². The van der Waals surface area contributed by atoms with Crippen LogP contribution in [-0.4, -0.2) is 5.97 Å². The van der Waals surface area contributed by atoms with E-state index in [2.05, 4.69) is 34.6 Å². The van der Waals surface area contributed by atoms with Crippen molar-refractivity contribution in [2.45, 2.75) is 54.1 Å². The van der Waals surface area contributed by atoms with E-state index in [0.29, 0.717) is 24.9 Å². The molecule has 0 heterocycles. The largest absolute Gasteiger partial charge is 0.461 e. The Labute approximate surface area is 123 Å². The molecule has 0 spiro atoms. The Bertz CT molecular complexity index is 401. The first-order valence-electron chi connectivity index (χ1n) is 7.48. The summed E-state index contributed by atoms with van der Waals surface area (Å²) in [4.78, 5) is 12.0. The van der Waals surface area contributed by atoms with Crippen molar-refractivity contribution in [2.24, 2.45) is 17.3 Å². The van der Waals surface area contributed by atoms with Crippen molar-refractivity contribution in [3.05, 3.63) is 35.9 Å². The van der Waals surface area contributed by atoms with Crippen molar-refractivity contribution >= 4 is 5.97 Å². The van der Waals surface area contributed by atoms with Gasteiger partial charge in [-0.3, -0.25) is 4.79 Å². The molecule has 0 radical (unpaired) electrons. The second-order valence-corrected chi connectivity index (χ2v) is 7.04. The quantitative estimate of drug-likeness (QED) is 0.696. The summed E-state index contributed by atoms with van der Waals surface area (Å²) in [6.45, 7) is 11.4. The fourth-order valence-electron chi connectivity index (χ4n) is 2.31. The molecule has 2 nitrogen and oxygen atoms in total. The Kier molecular flexibility index (Phi) is 6.25. The van der Waals surface area contributed by atoms with Crippen LogP contribution in [0.25, 0.3) is 0 Å². The third-order valence-corrected chi connectivity index (χ3v) is 3.64. The van der Waals surface area contributed by atoms with E-state index in [-0.39, 0.29) is 11.4 Å². The van der Waals surface area contributed by atoms with Crippen LogP contribution in [0.4, 0.5) is 0 Å². The number of hydrogen-bond donors (Lipinski definition) is 0. The third kappa shape index (κ3) is 6.23. The molecule has 0 aliphatic carbocycles. The lowest BCUT2D eigenvalue weighted by atomic mass is 9.74. The highest BCUT2D eigenvalue weighted by atomic mass is 16.5. The molecule has 0 saturated carbocycles. The van der Waals surface area contributed by atoms with Crippen LogP contribution in [0.5, 0.6) is 0 Å². The van der Waals surface area contributed by atoms with E-state index in [4.69, 9.17) is 4.74 Å². The zero-order chi connectivity index (χ0) is 15.2. The Morgan fingerprint density at radius 2 is 1.75 bits per heavy atom. The summed E-state index contributed by atoms with van der Waals surface area (Å²) in [7, 11) is 0. The van der Waals surface area contributed by atoms with Gasteiger partial charge in [-0.2, -0.15) is 0 Å². The van der Waals surface area contributed by atoms with E-state index < -0.39 is 0 Å². The SMILES string of the molecule is CC(C)C[C@H](CC(=O)OCc1ccccc1)C(C)(C)C. The van der Waals surface area contributed by atoms with E-state index in [1.807, 2.05) is 30.3 Å². The molecule has 0 aliphatic heterocycles. The van der Waals surface area contributed by atoms with Gasteiger partial charge >= 0.3 is 5.97 Å². The molecular weight excluding hydrogens is 248 g/mol. The van der Waals surface area contributed by atoms with Crippen LogP contribution in [0.1, 0.15) is 53.0 Å². The Balaban J connectivity index is 2.50. The lowest BCUT2D eigenvalue weighted by molar-refractivity contribution is -0.147. The molecule has 1 aromatic carbocycles. The summed E-state index contributed by atoms with van der Waals surface area (Å²) in [6.07, 6.45) is 1.57. The topological polar surface area (TPSA) is 26.3 Å². The first-order valence-corrected chi connectivity index (χ1v) is 7.48. The summed E-state index contributed by atoms with van der Waals surface area (Å²) in [5.74, 6) is 0.876. The fourth-order valence-corrected chi connectivity index (χ4v) is 2.31. The van der Waals surface area contributed by atoms with E-state index in [0.717, 1.165) is 12.0 Å².